The van der Waals surface area contributed by atoms with Crippen LogP contribution < -0.4 is 14.8 Å². The van der Waals surface area contributed by atoms with Crippen LogP contribution in [0.1, 0.15) is 15.2 Å². The predicted octanol–water partition coefficient (Wildman–Crippen LogP) is 4.29. The summed E-state index contributed by atoms with van der Waals surface area (Å²) in [5, 5.41) is 3.26. The SMILES string of the molecule is COC(=O)c1c(NC(=O)[C@@H]2COc3ccccc3O2)sc(C)c1-c1ccccc1. The highest BCUT2D eigenvalue weighted by atomic mass is 32.1. The highest BCUT2D eigenvalue weighted by Crippen LogP contribution is 2.40. The van der Waals surface area contributed by atoms with Crippen molar-refractivity contribution in [3.05, 3.63) is 65.0 Å². The van der Waals surface area contributed by atoms with Gasteiger partial charge in [0, 0.05) is 10.4 Å². The highest BCUT2D eigenvalue weighted by molar-refractivity contribution is 7.17. The zero-order valence-electron chi connectivity index (χ0n) is 15.9. The maximum absolute atomic E-state index is 12.8. The van der Waals surface area contributed by atoms with Gasteiger partial charge in [-0.3, -0.25) is 4.79 Å². The van der Waals surface area contributed by atoms with Gasteiger partial charge in [0.25, 0.3) is 5.91 Å². The van der Waals surface area contributed by atoms with Crippen LogP contribution in [0.5, 0.6) is 11.5 Å². The highest BCUT2D eigenvalue weighted by Gasteiger charge is 2.30. The van der Waals surface area contributed by atoms with E-state index in [1.54, 1.807) is 12.1 Å². The van der Waals surface area contributed by atoms with Crippen molar-refractivity contribution < 1.29 is 23.8 Å². The number of para-hydroxylation sites is 2. The summed E-state index contributed by atoms with van der Waals surface area (Å²) in [6.07, 6.45) is -0.821. The lowest BCUT2D eigenvalue weighted by Crippen LogP contribution is -2.40. The molecule has 0 saturated heterocycles. The third kappa shape index (κ3) is 3.69. The molecule has 2 heterocycles. The summed E-state index contributed by atoms with van der Waals surface area (Å²) in [4.78, 5) is 26.3. The number of carbonyl (C=O) groups is 2. The lowest BCUT2D eigenvalue weighted by molar-refractivity contribution is -0.125. The average Bonchev–Trinajstić information content (AvgIpc) is 3.08. The molecule has 0 fully saturated rings. The van der Waals surface area contributed by atoms with E-state index in [4.69, 9.17) is 14.2 Å². The fraction of sp³-hybridized carbons (Fsp3) is 0.182. The van der Waals surface area contributed by atoms with Crippen LogP contribution in [-0.2, 0) is 9.53 Å². The molecule has 29 heavy (non-hydrogen) atoms. The second-order valence-electron chi connectivity index (χ2n) is 6.45. The summed E-state index contributed by atoms with van der Waals surface area (Å²) in [6, 6.07) is 16.7. The van der Waals surface area contributed by atoms with Gasteiger partial charge in [-0.15, -0.1) is 11.3 Å². The van der Waals surface area contributed by atoms with Crippen molar-refractivity contribution in [2.45, 2.75) is 13.0 Å². The van der Waals surface area contributed by atoms with Crippen molar-refractivity contribution in [2.75, 3.05) is 19.0 Å². The number of esters is 1. The molecular weight excluding hydrogens is 390 g/mol. The van der Waals surface area contributed by atoms with Crippen LogP contribution in [0.25, 0.3) is 11.1 Å². The Morgan fingerprint density at radius 2 is 1.76 bits per heavy atom. The molecule has 4 rings (SSSR count). The van der Waals surface area contributed by atoms with Crippen LogP contribution in [-0.4, -0.2) is 31.7 Å². The molecule has 0 bridgehead atoms. The number of benzene rings is 2. The molecule has 3 aromatic rings. The molecule has 1 N–H and O–H groups in total. The summed E-state index contributed by atoms with van der Waals surface area (Å²) in [6.45, 7) is 2.00. The number of amides is 1. The van der Waals surface area contributed by atoms with Crippen molar-refractivity contribution in [3.63, 3.8) is 0 Å². The Labute approximate surface area is 172 Å². The van der Waals surface area contributed by atoms with Gasteiger partial charge in [-0.05, 0) is 24.6 Å². The Morgan fingerprint density at radius 1 is 1.07 bits per heavy atom. The number of hydrogen-bond acceptors (Lipinski definition) is 6. The fourth-order valence-corrected chi connectivity index (χ4v) is 4.29. The molecule has 1 aromatic heterocycles. The first-order valence-corrected chi connectivity index (χ1v) is 9.86. The number of anilines is 1. The van der Waals surface area contributed by atoms with Crippen molar-refractivity contribution >= 4 is 28.2 Å². The van der Waals surface area contributed by atoms with Crippen molar-refractivity contribution in [1.82, 2.24) is 0 Å². The average molecular weight is 409 g/mol. The van der Waals surface area contributed by atoms with Crippen LogP contribution in [0.2, 0.25) is 0 Å². The number of carbonyl (C=O) groups excluding carboxylic acids is 2. The van der Waals surface area contributed by atoms with Crippen LogP contribution in [0.4, 0.5) is 5.00 Å². The largest absolute Gasteiger partial charge is 0.485 e. The summed E-state index contributed by atoms with van der Waals surface area (Å²) in [5.41, 5.74) is 1.98. The number of thiophene rings is 1. The molecule has 2 aromatic carbocycles. The van der Waals surface area contributed by atoms with E-state index in [2.05, 4.69) is 5.32 Å². The Hall–Kier alpha value is -3.32. The zero-order chi connectivity index (χ0) is 20.4. The van der Waals surface area contributed by atoms with E-state index >= 15 is 0 Å². The standard InChI is InChI=1S/C22H19NO5S/c1-13-18(14-8-4-3-5-9-14)19(22(25)26-2)21(29-13)23-20(24)17-12-27-15-10-6-7-11-16(15)28-17/h3-11,17H,12H2,1-2H3,(H,23,24)/t17-/m0/s1. The van der Waals surface area contributed by atoms with Crippen LogP contribution in [0.3, 0.4) is 0 Å². The second kappa shape index (κ2) is 7.97. The Morgan fingerprint density at radius 3 is 2.48 bits per heavy atom. The van der Waals surface area contributed by atoms with Crippen molar-refractivity contribution in [3.8, 4) is 22.6 Å². The molecule has 6 nitrogen and oxygen atoms in total. The minimum atomic E-state index is -0.821. The maximum Gasteiger partial charge on any atom is 0.341 e. The van der Waals surface area contributed by atoms with Crippen LogP contribution in [0.15, 0.2) is 54.6 Å². The van der Waals surface area contributed by atoms with E-state index < -0.39 is 12.1 Å². The molecule has 0 spiro atoms. The third-order valence-corrected chi connectivity index (χ3v) is 5.59. The Kier molecular flexibility index (Phi) is 5.22. The van der Waals surface area contributed by atoms with E-state index in [9.17, 15) is 9.59 Å². The molecule has 1 atom stereocenters. The van der Waals surface area contributed by atoms with Gasteiger partial charge in [0.1, 0.15) is 17.2 Å². The van der Waals surface area contributed by atoms with Crippen molar-refractivity contribution in [2.24, 2.45) is 0 Å². The number of methoxy groups -OCH3 is 1. The second-order valence-corrected chi connectivity index (χ2v) is 7.67. The molecular formula is C22H19NO5S. The number of nitrogens with one attached hydrogen (secondary N) is 1. The summed E-state index contributed by atoms with van der Waals surface area (Å²) >= 11 is 1.33. The number of hydrogen-bond donors (Lipinski definition) is 1. The molecule has 1 aliphatic heterocycles. The van der Waals surface area contributed by atoms with E-state index in [-0.39, 0.29) is 12.5 Å². The topological polar surface area (TPSA) is 73.9 Å². The van der Waals surface area contributed by atoms with Crippen LogP contribution >= 0.6 is 11.3 Å². The molecule has 0 unspecified atom stereocenters. The van der Waals surface area contributed by atoms with Gasteiger partial charge in [0.05, 0.1) is 7.11 Å². The van der Waals surface area contributed by atoms with Crippen LogP contribution in [0, 0.1) is 6.92 Å². The van der Waals surface area contributed by atoms with E-state index in [0.717, 1.165) is 16.0 Å². The quantitative estimate of drug-likeness (QED) is 0.651. The first-order valence-electron chi connectivity index (χ1n) is 9.05. The summed E-state index contributed by atoms with van der Waals surface area (Å²) < 4.78 is 16.4. The van der Waals surface area contributed by atoms with Crippen molar-refractivity contribution in [1.29, 1.82) is 0 Å². The molecule has 148 valence electrons. The van der Waals surface area contributed by atoms with Gasteiger partial charge in [-0.1, -0.05) is 42.5 Å². The summed E-state index contributed by atoms with van der Waals surface area (Å²) in [5.74, 6) is 0.227. The van der Waals surface area contributed by atoms with Gasteiger partial charge in [0.2, 0.25) is 6.10 Å². The fourth-order valence-electron chi connectivity index (χ4n) is 3.22. The Bertz CT molecular complexity index is 1060. The lowest BCUT2D eigenvalue weighted by atomic mass is 10.0. The smallest absolute Gasteiger partial charge is 0.341 e. The predicted molar refractivity (Wildman–Crippen MR) is 111 cm³/mol. The first kappa shape index (κ1) is 19.0. The monoisotopic (exact) mass is 409 g/mol. The summed E-state index contributed by atoms with van der Waals surface area (Å²) in [7, 11) is 1.32. The van der Waals surface area contributed by atoms with Gasteiger partial charge < -0.3 is 19.5 Å². The number of rotatable bonds is 4. The first-order chi connectivity index (χ1) is 14.1. The molecule has 1 amide bonds. The Balaban J connectivity index is 1.64. The number of fused-ring (bicyclic) bond motifs is 1. The van der Waals surface area contributed by atoms with Gasteiger partial charge in [-0.25, -0.2) is 4.79 Å². The molecule has 7 heteroatoms. The van der Waals surface area contributed by atoms with Gasteiger partial charge in [0.15, 0.2) is 11.5 Å². The minimum absolute atomic E-state index is 0.0896. The number of ether oxygens (including phenoxy) is 3. The van der Waals surface area contributed by atoms with E-state index in [0.29, 0.717) is 22.1 Å². The molecule has 0 saturated carbocycles. The molecule has 0 aliphatic carbocycles. The van der Waals surface area contributed by atoms with Gasteiger partial charge >= 0.3 is 5.97 Å². The normalized spacial score (nSPS) is 14.9. The van der Waals surface area contributed by atoms with E-state index in [1.807, 2.05) is 49.4 Å². The zero-order valence-corrected chi connectivity index (χ0v) is 16.7. The minimum Gasteiger partial charge on any atom is -0.485 e. The molecule has 0 radical (unpaired) electrons. The molecule has 1 aliphatic rings. The number of aryl methyl sites for hydroxylation is 1. The maximum atomic E-state index is 12.8. The van der Waals surface area contributed by atoms with Gasteiger partial charge in [-0.2, -0.15) is 0 Å². The lowest BCUT2D eigenvalue weighted by Gasteiger charge is -2.25. The third-order valence-electron chi connectivity index (χ3n) is 4.57. The van der Waals surface area contributed by atoms with E-state index in [1.165, 1.54) is 18.4 Å².